The third-order valence-corrected chi connectivity index (χ3v) is 9.68. The maximum absolute atomic E-state index is 15.3. The van der Waals surface area contributed by atoms with Gasteiger partial charge in [0, 0.05) is 29.2 Å². The molecule has 2 heterocycles. The van der Waals surface area contributed by atoms with Crippen LogP contribution in [0, 0.1) is 5.41 Å². The monoisotopic (exact) mass is 691 g/mol. The van der Waals surface area contributed by atoms with Crippen molar-refractivity contribution >= 4 is 51.4 Å². The lowest BCUT2D eigenvalue weighted by atomic mass is 9.81. The largest absolute Gasteiger partial charge is 0.497 e. The van der Waals surface area contributed by atoms with Gasteiger partial charge in [-0.3, -0.25) is 28.9 Å². The summed E-state index contributed by atoms with van der Waals surface area (Å²) in [5.74, 6) is -0.491. The number of anilines is 4. The number of benzene rings is 5. The van der Waals surface area contributed by atoms with Crippen LogP contribution in [0.4, 0.5) is 22.7 Å². The summed E-state index contributed by atoms with van der Waals surface area (Å²) in [6.45, 7) is 5.79. The summed E-state index contributed by atoms with van der Waals surface area (Å²) >= 11 is 0. The summed E-state index contributed by atoms with van der Waals surface area (Å²) in [5, 5.41) is 5.91. The minimum atomic E-state index is -1.65. The van der Waals surface area contributed by atoms with E-state index < -0.39 is 17.2 Å². The highest BCUT2D eigenvalue weighted by Gasteiger charge is 2.51. The number of carbonyl (C=O) groups excluding carboxylic acids is 3. The predicted octanol–water partition coefficient (Wildman–Crippen LogP) is 7.80. The van der Waals surface area contributed by atoms with Crippen LogP contribution in [0.5, 0.6) is 5.75 Å². The van der Waals surface area contributed by atoms with Crippen LogP contribution >= 0.6 is 0 Å². The predicted molar refractivity (Wildman–Crippen MR) is 205 cm³/mol. The fourth-order valence-electron chi connectivity index (χ4n) is 7.10. The lowest BCUT2D eigenvalue weighted by molar-refractivity contribution is -0.139. The second-order valence-electron chi connectivity index (χ2n) is 13.5. The third kappa shape index (κ3) is 6.30. The number of hydrogen-bond acceptors (Lipinski definition) is 5. The lowest BCUT2D eigenvalue weighted by Crippen LogP contribution is -2.53. The molecular weight excluding hydrogens is 651 g/mol. The Morgan fingerprint density at radius 2 is 1.38 bits per heavy atom. The van der Waals surface area contributed by atoms with Crippen molar-refractivity contribution in [2.45, 2.75) is 39.8 Å². The van der Waals surface area contributed by atoms with Gasteiger partial charge in [0.05, 0.1) is 36.2 Å². The minimum Gasteiger partial charge on any atom is -0.497 e. The Morgan fingerprint density at radius 3 is 2.06 bits per heavy atom. The quantitative estimate of drug-likeness (QED) is 0.137. The zero-order chi connectivity index (χ0) is 36.4. The Morgan fingerprint density at radius 1 is 0.769 bits per heavy atom. The summed E-state index contributed by atoms with van der Waals surface area (Å²) in [6, 6.07) is 41.6. The maximum atomic E-state index is 15.3. The average Bonchev–Trinajstić information content (AvgIpc) is 3.48. The SMILES string of the molecule is COc1ccc(N(C(=O)CN2C(=O)C(C)(Cc3nn(Cc4ccccc4)c4ccccc34)C(=O)N(c3ccccc3)c3ccccc32)C(C)C)cc1. The summed E-state index contributed by atoms with van der Waals surface area (Å²) in [5.41, 5.74) is 3.25. The van der Waals surface area contributed by atoms with Crippen LogP contribution in [-0.2, 0) is 27.3 Å². The Bertz CT molecular complexity index is 2230. The van der Waals surface area contributed by atoms with Gasteiger partial charge in [-0.15, -0.1) is 0 Å². The molecule has 0 radical (unpaired) electrons. The van der Waals surface area contributed by atoms with E-state index in [0.29, 0.717) is 40.7 Å². The molecule has 0 saturated carbocycles. The number of rotatable bonds is 10. The zero-order valence-corrected chi connectivity index (χ0v) is 29.8. The number of carbonyl (C=O) groups is 3. The van der Waals surface area contributed by atoms with Crippen LogP contribution in [0.1, 0.15) is 32.0 Å². The van der Waals surface area contributed by atoms with E-state index in [-0.39, 0.29) is 24.9 Å². The molecule has 9 heteroatoms. The molecule has 1 aliphatic rings. The van der Waals surface area contributed by atoms with Gasteiger partial charge in [-0.2, -0.15) is 5.10 Å². The second-order valence-corrected chi connectivity index (χ2v) is 13.5. The standard InChI is InChI=1S/C43H41N5O4/c1-30(2)47(33-23-25-34(52-4)26-24-33)40(49)29-45-38-21-13-14-22-39(38)48(32-17-9-6-10-18-32)42(51)43(3,41(45)50)27-36-35-19-11-12-20-37(35)46(44-36)28-31-15-7-5-8-16-31/h5-26,30H,27-29H2,1-4H3. The van der Waals surface area contributed by atoms with Gasteiger partial charge < -0.3 is 9.64 Å². The number of methoxy groups -OCH3 is 1. The van der Waals surface area contributed by atoms with E-state index in [9.17, 15) is 4.79 Å². The van der Waals surface area contributed by atoms with Gasteiger partial charge >= 0.3 is 0 Å². The molecular formula is C43H41N5O4. The fourth-order valence-corrected chi connectivity index (χ4v) is 7.10. The van der Waals surface area contributed by atoms with Crippen LogP contribution in [0.25, 0.3) is 10.9 Å². The molecule has 1 unspecified atom stereocenters. The number of fused-ring (bicyclic) bond motifs is 2. The highest BCUT2D eigenvalue weighted by Crippen LogP contribution is 2.44. The van der Waals surface area contributed by atoms with Gasteiger partial charge in [0.15, 0.2) is 0 Å². The topological polar surface area (TPSA) is 88.0 Å². The molecule has 0 aliphatic carbocycles. The maximum Gasteiger partial charge on any atom is 0.247 e. The van der Waals surface area contributed by atoms with Crippen molar-refractivity contribution in [3.63, 3.8) is 0 Å². The number of amides is 3. The van der Waals surface area contributed by atoms with E-state index >= 15 is 9.59 Å². The van der Waals surface area contributed by atoms with Crippen LogP contribution in [0.2, 0.25) is 0 Å². The van der Waals surface area contributed by atoms with E-state index in [1.165, 1.54) is 4.90 Å². The molecule has 7 rings (SSSR count). The number of ether oxygens (including phenoxy) is 1. The second kappa shape index (κ2) is 14.2. The van der Waals surface area contributed by atoms with Crippen molar-refractivity contribution in [3.8, 4) is 5.75 Å². The normalized spacial score (nSPS) is 15.9. The fraction of sp³-hybridized carbons (Fsp3) is 0.209. The molecule has 0 saturated heterocycles. The van der Waals surface area contributed by atoms with Gasteiger partial charge in [0.1, 0.15) is 17.7 Å². The van der Waals surface area contributed by atoms with Gasteiger partial charge in [0.25, 0.3) is 0 Å². The molecule has 5 aromatic carbocycles. The van der Waals surface area contributed by atoms with Crippen molar-refractivity contribution in [2.75, 3.05) is 28.4 Å². The van der Waals surface area contributed by atoms with Gasteiger partial charge in [-0.05, 0) is 80.9 Å². The first-order valence-corrected chi connectivity index (χ1v) is 17.4. The van der Waals surface area contributed by atoms with Crippen molar-refractivity contribution in [3.05, 3.63) is 145 Å². The first-order valence-electron chi connectivity index (χ1n) is 17.4. The molecule has 0 spiro atoms. The smallest absolute Gasteiger partial charge is 0.247 e. The van der Waals surface area contributed by atoms with Crippen molar-refractivity contribution in [2.24, 2.45) is 5.41 Å². The summed E-state index contributed by atoms with van der Waals surface area (Å²) in [4.78, 5) is 49.6. The van der Waals surface area contributed by atoms with E-state index in [4.69, 9.17) is 9.84 Å². The first-order chi connectivity index (χ1) is 25.2. The third-order valence-electron chi connectivity index (χ3n) is 9.68. The van der Waals surface area contributed by atoms with Gasteiger partial charge in [-0.25, -0.2) is 0 Å². The summed E-state index contributed by atoms with van der Waals surface area (Å²) in [6.07, 6.45) is 0.0152. The van der Waals surface area contributed by atoms with Crippen LogP contribution in [-0.4, -0.2) is 47.2 Å². The van der Waals surface area contributed by atoms with E-state index in [0.717, 1.165) is 16.5 Å². The summed E-state index contributed by atoms with van der Waals surface area (Å²) < 4.78 is 7.27. The lowest BCUT2D eigenvalue weighted by Gasteiger charge is -2.33. The minimum absolute atomic E-state index is 0.0152. The number of para-hydroxylation sites is 4. The molecule has 262 valence electrons. The Kier molecular flexibility index (Phi) is 9.34. The average molecular weight is 692 g/mol. The summed E-state index contributed by atoms with van der Waals surface area (Å²) in [7, 11) is 1.59. The molecule has 0 N–H and O–H groups in total. The van der Waals surface area contributed by atoms with E-state index in [2.05, 4.69) is 0 Å². The molecule has 9 nitrogen and oxygen atoms in total. The highest BCUT2D eigenvalue weighted by molar-refractivity contribution is 6.24. The van der Waals surface area contributed by atoms with Crippen molar-refractivity contribution in [1.29, 1.82) is 0 Å². The molecule has 1 aromatic heterocycles. The highest BCUT2D eigenvalue weighted by atomic mass is 16.5. The van der Waals surface area contributed by atoms with Crippen molar-refractivity contribution < 1.29 is 19.1 Å². The first kappa shape index (κ1) is 34.2. The number of aromatic nitrogens is 2. The molecule has 6 aromatic rings. The molecule has 1 atom stereocenters. The Balaban J connectivity index is 1.35. The van der Waals surface area contributed by atoms with Crippen LogP contribution < -0.4 is 19.4 Å². The van der Waals surface area contributed by atoms with Gasteiger partial charge in [0.2, 0.25) is 17.7 Å². The molecule has 0 fully saturated rings. The van der Waals surface area contributed by atoms with Crippen LogP contribution in [0.15, 0.2) is 133 Å². The van der Waals surface area contributed by atoms with E-state index in [1.54, 1.807) is 42.0 Å². The van der Waals surface area contributed by atoms with E-state index in [1.807, 2.05) is 134 Å². The number of nitrogens with zero attached hydrogens (tertiary/aromatic N) is 5. The zero-order valence-electron chi connectivity index (χ0n) is 29.8. The van der Waals surface area contributed by atoms with Gasteiger partial charge in [-0.1, -0.05) is 78.9 Å². The molecule has 1 aliphatic heterocycles. The Labute approximate surface area is 303 Å². The van der Waals surface area contributed by atoms with Crippen molar-refractivity contribution in [1.82, 2.24) is 9.78 Å². The molecule has 0 bridgehead atoms. The molecule has 3 amide bonds. The molecule has 52 heavy (non-hydrogen) atoms. The Hall–Kier alpha value is -6.22. The van der Waals surface area contributed by atoms with Crippen LogP contribution in [0.3, 0.4) is 0 Å². The number of hydrogen-bond donors (Lipinski definition) is 0.